The third-order valence-corrected chi connectivity index (χ3v) is 2.94. The molecule has 0 unspecified atom stereocenters. The summed E-state index contributed by atoms with van der Waals surface area (Å²) in [5.41, 5.74) is 2.10. The van der Waals surface area contributed by atoms with E-state index in [1.807, 2.05) is 36.4 Å². The van der Waals surface area contributed by atoms with Gasteiger partial charge in [-0.2, -0.15) is 0 Å². The Labute approximate surface area is 99.3 Å². The van der Waals surface area contributed by atoms with Gasteiger partial charge in [-0.3, -0.25) is 0 Å². The molecule has 0 bridgehead atoms. The van der Waals surface area contributed by atoms with Crippen molar-refractivity contribution in [1.29, 1.82) is 0 Å². The number of benzene rings is 1. The minimum Gasteiger partial charge on any atom is -0.233 e. The minimum absolute atomic E-state index is 0.538. The maximum atomic E-state index is 6.02. The molecule has 0 spiro atoms. The SMILES string of the molecule is Clc1cc(C2CC2)nc(-c2ccccc2)n1. The van der Waals surface area contributed by atoms with E-state index in [1.54, 1.807) is 0 Å². The third kappa shape index (κ3) is 1.93. The molecule has 3 heteroatoms. The Kier molecular flexibility index (Phi) is 2.37. The minimum atomic E-state index is 0.538. The van der Waals surface area contributed by atoms with Crippen molar-refractivity contribution in [3.63, 3.8) is 0 Å². The first-order valence-corrected chi connectivity index (χ1v) is 5.80. The van der Waals surface area contributed by atoms with Gasteiger partial charge in [0.25, 0.3) is 0 Å². The van der Waals surface area contributed by atoms with Crippen molar-refractivity contribution in [1.82, 2.24) is 9.97 Å². The number of nitrogens with zero attached hydrogens (tertiary/aromatic N) is 2. The first kappa shape index (κ1) is 9.79. The Bertz CT molecular complexity index is 507. The van der Waals surface area contributed by atoms with E-state index in [0.717, 1.165) is 17.1 Å². The van der Waals surface area contributed by atoms with Crippen LogP contribution in [0.1, 0.15) is 24.5 Å². The summed E-state index contributed by atoms with van der Waals surface area (Å²) in [6.45, 7) is 0. The molecule has 1 fully saturated rings. The maximum Gasteiger partial charge on any atom is 0.161 e. The molecule has 1 heterocycles. The van der Waals surface area contributed by atoms with Crippen molar-refractivity contribution in [3.8, 4) is 11.4 Å². The van der Waals surface area contributed by atoms with E-state index in [1.165, 1.54) is 12.8 Å². The molecule has 0 amide bonds. The van der Waals surface area contributed by atoms with E-state index >= 15 is 0 Å². The Hall–Kier alpha value is -1.41. The summed E-state index contributed by atoms with van der Waals surface area (Å²) in [6, 6.07) is 11.8. The molecule has 1 aliphatic rings. The lowest BCUT2D eigenvalue weighted by molar-refractivity contribution is 0.994. The summed E-state index contributed by atoms with van der Waals surface area (Å²) >= 11 is 6.02. The highest BCUT2D eigenvalue weighted by Gasteiger charge is 2.26. The topological polar surface area (TPSA) is 25.8 Å². The van der Waals surface area contributed by atoms with Crippen LogP contribution in [0.15, 0.2) is 36.4 Å². The molecule has 0 radical (unpaired) electrons. The molecule has 80 valence electrons. The van der Waals surface area contributed by atoms with Crippen LogP contribution in [0.4, 0.5) is 0 Å². The van der Waals surface area contributed by atoms with Crippen LogP contribution >= 0.6 is 11.6 Å². The molecule has 1 aromatic carbocycles. The van der Waals surface area contributed by atoms with Crippen LogP contribution in [0.3, 0.4) is 0 Å². The second-order valence-corrected chi connectivity index (χ2v) is 4.47. The Morgan fingerprint density at radius 3 is 2.50 bits per heavy atom. The highest BCUT2D eigenvalue weighted by molar-refractivity contribution is 6.29. The average Bonchev–Trinajstić information content (AvgIpc) is 3.13. The fourth-order valence-electron chi connectivity index (χ4n) is 1.74. The molecule has 1 saturated carbocycles. The van der Waals surface area contributed by atoms with Crippen molar-refractivity contribution in [2.75, 3.05) is 0 Å². The van der Waals surface area contributed by atoms with Gasteiger partial charge in [0, 0.05) is 17.2 Å². The molecular formula is C13H11ClN2. The van der Waals surface area contributed by atoms with Crippen LogP contribution in [-0.2, 0) is 0 Å². The lowest BCUT2D eigenvalue weighted by Gasteiger charge is -2.03. The van der Waals surface area contributed by atoms with Gasteiger partial charge in [0.15, 0.2) is 5.82 Å². The predicted octanol–water partition coefficient (Wildman–Crippen LogP) is 3.67. The van der Waals surface area contributed by atoms with Crippen LogP contribution < -0.4 is 0 Å². The number of halogens is 1. The van der Waals surface area contributed by atoms with Gasteiger partial charge < -0.3 is 0 Å². The second kappa shape index (κ2) is 3.87. The molecule has 2 aromatic rings. The van der Waals surface area contributed by atoms with Gasteiger partial charge in [-0.15, -0.1) is 0 Å². The monoisotopic (exact) mass is 230 g/mol. The fourth-order valence-corrected chi connectivity index (χ4v) is 1.93. The van der Waals surface area contributed by atoms with Crippen molar-refractivity contribution in [2.24, 2.45) is 0 Å². The van der Waals surface area contributed by atoms with Crippen LogP contribution in [0.25, 0.3) is 11.4 Å². The quantitative estimate of drug-likeness (QED) is 0.736. The molecule has 0 aliphatic heterocycles. The number of aromatic nitrogens is 2. The van der Waals surface area contributed by atoms with Crippen LogP contribution in [0, 0.1) is 0 Å². The highest BCUT2D eigenvalue weighted by Crippen LogP contribution is 2.40. The van der Waals surface area contributed by atoms with E-state index in [-0.39, 0.29) is 0 Å². The molecule has 0 atom stereocenters. The third-order valence-electron chi connectivity index (χ3n) is 2.74. The van der Waals surface area contributed by atoms with Crippen molar-refractivity contribution in [2.45, 2.75) is 18.8 Å². The number of rotatable bonds is 2. The van der Waals surface area contributed by atoms with Gasteiger partial charge in [0.1, 0.15) is 5.15 Å². The summed E-state index contributed by atoms with van der Waals surface area (Å²) < 4.78 is 0. The zero-order chi connectivity index (χ0) is 11.0. The summed E-state index contributed by atoms with van der Waals surface area (Å²) in [4.78, 5) is 8.84. The maximum absolute atomic E-state index is 6.02. The fraction of sp³-hybridized carbons (Fsp3) is 0.231. The standard InChI is InChI=1S/C13H11ClN2/c14-12-8-11(9-6-7-9)15-13(16-12)10-4-2-1-3-5-10/h1-5,8-9H,6-7H2. The summed E-state index contributed by atoms with van der Waals surface area (Å²) in [6.07, 6.45) is 2.45. The first-order valence-electron chi connectivity index (χ1n) is 5.43. The Balaban J connectivity index is 2.06. The summed E-state index contributed by atoms with van der Waals surface area (Å²) in [5, 5.41) is 0.538. The molecular weight excluding hydrogens is 220 g/mol. The van der Waals surface area contributed by atoms with Crippen LogP contribution in [-0.4, -0.2) is 9.97 Å². The summed E-state index contributed by atoms with van der Waals surface area (Å²) in [7, 11) is 0. The lowest BCUT2D eigenvalue weighted by atomic mass is 10.2. The average molecular weight is 231 g/mol. The normalized spacial score (nSPS) is 15.1. The predicted molar refractivity (Wildman–Crippen MR) is 64.5 cm³/mol. The number of hydrogen-bond donors (Lipinski definition) is 0. The van der Waals surface area contributed by atoms with E-state index in [2.05, 4.69) is 9.97 Å². The Morgan fingerprint density at radius 1 is 1.06 bits per heavy atom. The summed E-state index contributed by atoms with van der Waals surface area (Å²) in [5.74, 6) is 1.33. The van der Waals surface area contributed by atoms with Gasteiger partial charge in [-0.1, -0.05) is 41.9 Å². The van der Waals surface area contributed by atoms with Gasteiger partial charge in [-0.25, -0.2) is 9.97 Å². The zero-order valence-corrected chi connectivity index (χ0v) is 9.48. The van der Waals surface area contributed by atoms with Gasteiger partial charge >= 0.3 is 0 Å². The van der Waals surface area contributed by atoms with E-state index in [9.17, 15) is 0 Å². The van der Waals surface area contributed by atoms with Crippen molar-refractivity contribution >= 4 is 11.6 Å². The Morgan fingerprint density at radius 2 is 1.81 bits per heavy atom. The van der Waals surface area contributed by atoms with E-state index < -0.39 is 0 Å². The zero-order valence-electron chi connectivity index (χ0n) is 8.73. The largest absolute Gasteiger partial charge is 0.233 e. The van der Waals surface area contributed by atoms with Crippen LogP contribution in [0.2, 0.25) is 5.15 Å². The molecule has 1 aromatic heterocycles. The van der Waals surface area contributed by atoms with Crippen LogP contribution in [0.5, 0.6) is 0 Å². The molecule has 3 rings (SSSR count). The smallest absolute Gasteiger partial charge is 0.161 e. The van der Waals surface area contributed by atoms with E-state index in [4.69, 9.17) is 11.6 Å². The van der Waals surface area contributed by atoms with Gasteiger partial charge in [-0.05, 0) is 18.9 Å². The van der Waals surface area contributed by atoms with Gasteiger partial charge in [0.05, 0.1) is 0 Å². The highest BCUT2D eigenvalue weighted by atomic mass is 35.5. The molecule has 0 N–H and O–H groups in total. The first-order chi connectivity index (χ1) is 7.83. The molecule has 1 aliphatic carbocycles. The van der Waals surface area contributed by atoms with Gasteiger partial charge in [0.2, 0.25) is 0 Å². The molecule has 16 heavy (non-hydrogen) atoms. The second-order valence-electron chi connectivity index (χ2n) is 4.08. The number of hydrogen-bond acceptors (Lipinski definition) is 2. The lowest BCUT2D eigenvalue weighted by Crippen LogP contribution is -1.94. The van der Waals surface area contributed by atoms with E-state index in [0.29, 0.717) is 11.1 Å². The van der Waals surface area contributed by atoms with Crippen molar-refractivity contribution < 1.29 is 0 Å². The van der Waals surface area contributed by atoms with Crippen molar-refractivity contribution in [3.05, 3.63) is 47.2 Å². The molecule has 2 nitrogen and oxygen atoms in total. The molecule has 0 saturated heterocycles.